The maximum atomic E-state index is 12.6. The molecule has 0 saturated carbocycles. The van der Waals surface area contributed by atoms with Crippen LogP contribution in [0, 0.1) is 0 Å². The summed E-state index contributed by atoms with van der Waals surface area (Å²) in [5, 5.41) is 23.5. The van der Waals surface area contributed by atoms with E-state index in [1.165, 1.54) is 424 Å². The van der Waals surface area contributed by atoms with Crippen molar-refractivity contribution in [2.45, 2.75) is 508 Å². The van der Waals surface area contributed by atoms with Crippen molar-refractivity contribution >= 4 is 11.9 Å². The van der Waals surface area contributed by atoms with E-state index in [9.17, 15) is 19.8 Å². The minimum Gasteiger partial charge on any atom is -0.466 e. The molecule has 0 aromatic rings. The predicted octanol–water partition coefficient (Wildman–Crippen LogP) is 28.2. The summed E-state index contributed by atoms with van der Waals surface area (Å²) >= 11 is 0. The second-order valence-corrected chi connectivity index (χ2v) is 29.5. The quantitative estimate of drug-likeness (QED) is 0.0320. The lowest BCUT2D eigenvalue weighted by atomic mass is 10.0. The van der Waals surface area contributed by atoms with Crippen LogP contribution in [0.25, 0.3) is 0 Å². The maximum absolute atomic E-state index is 12.6. The van der Waals surface area contributed by atoms with Crippen molar-refractivity contribution in [2.24, 2.45) is 0 Å². The zero-order chi connectivity index (χ0) is 65.6. The summed E-state index contributed by atoms with van der Waals surface area (Å²) in [7, 11) is 0. The van der Waals surface area contributed by atoms with Crippen LogP contribution in [0.5, 0.6) is 0 Å². The summed E-state index contributed by atoms with van der Waals surface area (Å²) < 4.78 is 5.52. The number of hydrogen-bond donors (Lipinski definition) is 3. The van der Waals surface area contributed by atoms with E-state index in [-0.39, 0.29) is 18.5 Å². The first-order chi connectivity index (χ1) is 45.0. The molecule has 6 heteroatoms. The highest BCUT2D eigenvalue weighted by atomic mass is 16.5. The number of carbonyl (C=O) groups is 2. The van der Waals surface area contributed by atoms with Gasteiger partial charge in [0.1, 0.15) is 0 Å². The Labute approximate surface area is 571 Å². The molecule has 6 nitrogen and oxygen atoms in total. The van der Waals surface area contributed by atoms with Gasteiger partial charge in [0, 0.05) is 12.8 Å². The highest BCUT2D eigenvalue weighted by Gasteiger charge is 2.20. The molecule has 0 bridgehead atoms. The smallest absolute Gasteiger partial charge is 0.305 e. The summed E-state index contributed by atoms with van der Waals surface area (Å²) in [5.41, 5.74) is 0. The third kappa shape index (κ3) is 77.5. The molecule has 2 atom stereocenters. The molecule has 0 rings (SSSR count). The van der Waals surface area contributed by atoms with Crippen LogP contribution in [0.4, 0.5) is 0 Å². The van der Waals surface area contributed by atoms with Gasteiger partial charge in [-0.15, -0.1) is 0 Å². The molecule has 0 aliphatic heterocycles. The number of aliphatic hydroxyl groups excluding tert-OH is 2. The van der Waals surface area contributed by atoms with Crippen LogP contribution >= 0.6 is 0 Å². The third-order valence-electron chi connectivity index (χ3n) is 20.3. The molecule has 0 aromatic carbocycles. The van der Waals surface area contributed by atoms with Crippen LogP contribution in [0.1, 0.15) is 495 Å². The molecule has 0 radical (unpaired) electrons. The third-order valence-corrected chi connectivity index (χ3v) is 20.3. The highest BCUT2D eigenvalue weighted by Crippen LogP contribution is 2.21. The number of amides is 1. The number of hydrogen-bond acceptors (Lipinski definition) is 5. The van der Waals surface area contributed by atoms with Gasteiger partial charge in [-0.1, -0.05) is 443 Å². The fraction of sp³-hybridized carbons (Fsp3) is 0.953. The van der Waals surface area contributed by atoms with Gasteiger partial charge in [-0.3, -0.25) is 9.59 Å². The fourth-order valence-electron chi connectivity index (χ4n) is 13.9. The minimum atomic E-state index is -0.664. The number of unbranched alkanes of at least 4 members (excludes halogenated alkanes) is 68. The van der Waals surface area contributed by atoms with Gasteiger partial charge in [-0.05, 0) is 51.4 Å². The molecule has 0 spiro atoms. The Hall–Kier alpha value is -1.40. The average Bonchev–Trinajstić information content (AvgIpc) is 3.75. The summed E-state index contributed by atoms with van der Waals surface area (Å²) in [4.78, 5) is 24.7. The molecule has 91 heavy (non-hydrogen) atoms. The Morgan fingerprint density at radius 2 is 0.516 bits per heavy atom. The second-order valence-electron chi connectivity index (χ2n) is 29.5. The highest BCUT2D eigenvalue weighted by molar-refractivity contribution is 5.76. The van der Waals surface area contributed by atoms with Gasteiger partial charge in [-0.2, -0.15) is 0 Å². The first-order valence-corrected chi connectivity index (χ1v) is 42.4. The van der Waals surface area contributed by atoms with Gasteiger partial charge in [0.25, 0.3) is 0 Å². The summed E-state index contributed by atoms with van der Waals surface area (Å²) in [5.74, 6) is -0.00193. The van der Waals surface area contributed by atoms with Crippen molar-refractivity contribution in [3.05, 3.63) is 12.2 Å². The van der Waals surface area contributed by atoms with E-state index >= 15 is 0 Å². The van der Waals surface area contributed by atoms with E-state index < -0.39 is 12.1 Å². The number of esters is 1. The topological polar surface area (TPSA) is 95.9 Å². The first kappa shape index (κ1) is 89.6. The van der Waals surface area contributed by atoms with Gasteiger partial charge in [-0.25, -0.2) is 0 Å². The van der Waals surface area contributed by atoms with Crippen LogP contribution in [0.15, 0.2) is 12.2 Å². The molecular weight excluding hydrogens is 1110 g/mol. The number of aliphatic hydroxyl groups is 2. The zero-order valence-electron chi connectivity index (χ0n) is 62.4. The van der Waals surface area contributed by atoms with Gasteiger partial charge in [0.15, 0.2) is 0 Å². The molecule has 3 N–H and O–H groups in total. The SMILES string of the molecule is CCCCCCCCCCCCCCCCCCCCCCCCCCCC(O)C(CO)NC(=O)CCCCCCCCCCCCCCCCCC/C=C\CCCCCCCCCCCCCCOC(=O)CCCCCCCCCCCCCCCCCCC. The average molecular weight is 1280 g/mol. The van der Waals surface area contributed by atoms with Crippen molar-refractivity contribution in [1.82, 2.24) is 5.32 Å². The number of rotatable bonds is 81. The minimum absolute atomic E-state index is 0.0237. The molecule has 542 valence electrons. The van der Waals surface area contributed by atoms with Gasteiger partial charge >= 0.3 is 5.97 Å². The molecule has 2 unspecified atom stereocenters. The van der Waals surface area contributed by atoms with E-state index in [2.05, 4.69) is 31.3 Å². The number of allylic oxidation sites excluding steroid dienone is 2. The monoisotopic (exact) mass is 1280 g/mol. The van der Waals surface area contributed by atoms with Gasteiger partial charge in [0.2, 0.25) is 5.91 Å². The Kier molecular flexibility index (Phi) is 79.8. The van der Waals surface area contributed by atoms with Crippen LogP contribution in [-0.2, 0) is 14.3 Å². The molecular formula is C85H167NO5. The van der Waals surface area contributed by atoms with E-state index in [0.717, 1.165) is 38.5 Å². The van der Waals surface area contributed by atoms with Crippen molar-refractivity contribution in [3.8, 4) is 0 Å². The van der Waals surface area contributed by atoms with Crippen LogP contribution < -0.4 is 5.32 Å². The number of ether oxygens (including phenoxy) is 1. The van der Waals surface area contributed by atoms with Crippen LogP contribution in [0.3, 0.4) is 0 Å². The van der Waals surface area contributed by atoms with Crippen molar-refractivity contribution in [1.29, 1.82) is 0 Å². The number of nitrogens with one attached hydrogen (secondary N) is 1. The summed E-state index contributed by atoms with van der Waals surface area (Å²) in [6.07, 6.45) is 103. The Balaban J connectivity index is 3.34. The standard InChI is InChI=1S/C85H167NO5/c1-3-5-7-9-11-13-15-17-19-21-22-23-24-33-36-39-42-46-49-53-57-61-65-69-73-77-83(88)82(81-87)86-84(89)78-74-70-66-62-58-54-50-47-43-40-37-34-31-29-27-25-26-28-30-32-35-38-41-44-48-52-56-60-64-68-72-76-80-91-85(90)79-75-71-67-63-59-55-51-45-20-18-16-14-12-10-8-6-4-2/h28,30,82-83,87-88H,3-27,29,31-81H2,1-2H3,(H,86,89)/b30-28-. The van der Waals surface area contributed by atoms with E-state index in [4.69, 9.17) is 4.74 Å². The molecule has 0 aromatic heterocycles. The Morgan fingerprint density at radius 3 is 0.780 bits per heavy atom. The molecule has 0 fully saturated rings. The Morgan fingerprint density at radius 1 is 0.297 bits per heavy atom. The molecule has 0 aliphatic carbocycles. The van der Waals surface area contributed by atoms with Crippen molar-refractivity contribution < 1.29 is 24.5 Å². The zero-order valence-corrected chi connectivity index (χ0v) is 62.4. The first-order valence-electron chi connectivity index (χ1n) is 42.4. The fourth-order valence-corrected chi connectivity index (χ4v) is 13.9. The predicted molar refractivity (Wildman–Crippen MR) is 403 cm³/mol. The number of carbonyl (C=O) groups excluding carboxylic acids is 2. The Bertz CT molecular complexity index is 1380. The summed E-state index contributed by atoms with van der Waals surface area (Å²) in [6, 6.07) is -0.541. The summed E-state index contributed by atoms with van der Waals surface area (Å²) in [6.45, 7) is 5.02. The second kappa shape index (κ2) is 81.0. The van der Waals surface area contributed by atoms with E-state index in [1.54, 1.807) is 0 Å². The molecule has 0 heterocycles. The normalized spacial score (nSPS) is 12.4. The van der Waals surface area contributed by atoms with Crippen LogP contribution in [-0.4, -0.2) is 47.4 Å². The lowest BCUT2D eigenvalue weighted by Crippen LogP contribution is -2.45. The van der Waals surface area contributed by atoms with Crippen LogP contribution in [0.2, 0.25) is 0 Å². The van der Waals surface area contributed by atoms with Crippen molar-refractivity contribution in [2.75, 3.05) is 13.2 Å². The largest absolute Gasteiger partial charge is 0.466 e. The van der Waals surface area contributed by atoms with E-state index in [0.29, 0.717) is 25.9 Å². The van der Waals surface area contributed by atoms with Gasteiger partial charge in [0.05, 0.1) is 25.4 Å². The van der Waals surface area contributed by atoms with E-state index in [1.807, 2.05) is 0 Å². The maximum Gasteiger partial charge on any atom is 0.305 e. The lowest BCUT2D eigenvalue weighted by molar-refractivity contribution is -0.143. The molecule has 0 saturated heterocycles. The lowest BCUT2D eigenvalue weighted by Gasteiger charge is -2.22. The molecule has 1 amide bonds. The van der Waals surface area contributed by atoms with Crippen molar-refractivity contribution in [3.63, 3.8) is 0 Å². The molecule has 0 aliphatic rings. The van der Waals surface area contributed by atoms with Gasteiger partial charge < -0.3 is 20.3 Å².